The molecule has 4 nitrogen and oxygen atoms in total. The van der Waals surface area contributed by atoms with Gasteiger partial charge in [0.2, 0.25) is 10.0 Å². The molecule has 98 valence electrons. The summed E-state index contributed by atoms with van der Waals surface area (Å²) in [5.41, 5.74) is 0.126. The molecular formula is C10H18N2O2S3. The molecule has 0 atom stereocenters. The summed E-state index contributed by atoms with van der Waals surface area (Å²) >= 11 is 3.25. The summed E-state index contributed by atoms with van der Waals surface area (Å²) in [4.78, 5) is 5.57. The molecule has 17 heavy (non-hydrogen) atoms. The van der Waals surface area contributed by atoms with E-state index in [4.69, 9.17) is 0 Å². The highest BCUT2D eigenvalue weighted by Crippen LogP contribution is 2.31. The number of sulfonamides is 1. The first kappa shape index (κ1) is 14.9. The topological polar surface area (TPSA) is 59.1 Å². The van der Waals surface area contributed by atoms with Crippen LogP contribution in [-0.4, -0.2) is 32.0 Å². The Morgan fingerprint density at radius 2 is 2.12 bits per heavy atom. The number of nitrogens with one attached hydrogen (secondary N) is 1. The molecule has 7 heteroatoms. The van der Waals surface area contributed by atoms with Gasteiger partial charge in [-0.25, -0.2) is 18.1 Å². The molecule has 0 bridgehead atoms. The molecule has 0 amide bonds. The van der Waals surface area contributed by atoms with Crippen molar-refractivity contribution in [2.75, 3.05) is 18.6 Å². The van der Waals surface area contributed by atoms with Crippen LogP contribution in [0.25, 0.3) is 0 Å². The van der Waals surface area contributed by atoms with Gasteiger partial charge in [0.15, 0.2) is 0 Å². The molecule has 1 N–H and O–H groups in total. The van der Waals surface area contributed by atoms with Crippen LogP contribution < -0.4 is 4.72 Å². The van der Waals surface area contributed by atoms with Crippen LogP contribution in [0.5, 0.6) is 0 Å². The SMILES string of the molecule is CC(C)(C)c1cnc(SCCNS(C)(=O)=O)s1. The first-order chi connectivity index (χ1) is 7.68. The van der Waals surface area contributed by atoms with Crippen LogP contribution in [0.4, 0.5) is 0 Å². The fraction of sp³-hybridized carbons (Fsp3) is 0.700. The summed E-state index contributed by atoms with van der Waals surface area (Å²) in [6, 6.07) is 0. The van der Waals surface area contributed by atoms with E-state index in [-0.39, 0.29) is 5.41 Å². The van der Waals surface area contributed by atoms with Crippen LogP contribution >= 0.6 is 23.1 Å². The van der Waals surface area contributed by atoms with Crippen molar-refractivity contribution in [1.29, 1.82) is 0 Å². The van der Waals surface area contributed by atoms with Crippen molar-refractivity contribution in [3.63, 3.8) is 0 Å². The van der Waals surface area contributed by atoms with Crippen LogP contribution in [0, 0.1) is 0 Å². The number of hydrogen-bond acceptors (Lipinski definition) is 5. The molecular weight excluding hydrogens is 276 g/mol. The molecule has 0 aromatic carbocycles. The number of thioether (sulfide) groups is 1. The van der Waals surface area contributed by atoms with Gasteiger partial charge >= 0.3 is 0 Å². The lowest BCUT2D eigenvalue weighted by Crippen LogP contribution is -2.24. The maximum absolute atomic E-state index is 10.8. The molecule has 0 saturated heterocycles. The molecule has 1 heterocycles. The third kappa shape index (κ3) is 5.85. The second-order valence-electron chi connectivity index (χ2n) is 4.76. The molecule has 0 aliphatic rings. The fourth-order valence-electron chi connectivity index (χ4n) is 1.04. The van der Waals surface area contributed by atoms with Gasteiger partial charge in [0.1, 0.15) is 4.34 Å². The largest absolute Gasteiger partial charge is 0.238 e. The molecule has 0 unspecified atom stereocenters. The van der Waals surface area contributed by atoms with Gasteiger partial charge in [-0.1, -0.05) is 32.5 Å². The van der Waals surface area contributed by atoms with Crippen molar-refractivity contribution in [1.82, 2.24) is 9.71 Å². The van der Waals surface area contributed by atoms with Crippen LogP contribution in [0.1, 0.15) is 25.6 Å². The van der Waals surface area contributed by atoms with Crippen LogP contribution in [0.15, 0.2) is 10.5 Å². The number of thiazole rings is 1. The predicted molar refractivity (Wildman–Crippen MR) is 74.4 cm³/mol. The van der Waals surface area contributed by atoms with Crippen molar-refractivity contribution in [2.45, 2.75) is 30.5 Å². The molecule has 0 aliphatic heterocycles. The van der Waals surface area contributed by atoms with E-state index in [1.54, 1.807) is 23.1 Å². The van der Waals surface area contributed by atoms with E-state index in [1.165, 1.54) is 11.1 Å². The minimum absolute atomic E-state index is 0.126. The number of hydrogen-bond donors (Lipinski definition) is 1. The smallest absolute Gasteiger partial charge is 0.208 e. The van der Waals surface area contributed by atoms with Gasteiger partial charge in [-0.05, 0) is 5.41 Å². The molecule has 0 aliphatic carbocycles. The van der Waals surface area contributed by atoms with Gasteiger partial charge in [-0.2, -0.15) is 0 Å². The Labute approximate surface area is 111 Å². The Balaban J connectivity index is 2.41. The van der Waals surface area contributed by atoms with E-state index in [0.717, 1.165) is 4.34 Å². The van der Waals surface area contributed by atoms with E-state index in [9.17, 15) is 8.42 Å². The van der Waals surface area contributed by atoms with E-state index >= 15 is 0 Å². The molecule has 1 rings (SSSR count). The molecule has 0 radical (unpaired) electrons. The molecule has 0 spiro atoms. The molecule has 0 saturated carbocycles. The Kier molecular flexibility index (Phi) is 5.00. The van der Waals surface area contributed by atoms with Gasteiger partial charge in [-0.15, -0.1) is 11.3 Å². The maximum atomic E-state index is 10.8. The van der Waals surface area contributed by atoms with Crippen molar-refractivity contribution in [2.24, 2.45) is 0 Å². The van der Waals surface area contributed by atoms with E-state index < -0.39 is 10.0 Å². The van der Waals surface area contributed by atoms with Gasteiger partial charge in [0.25, 0.3) is 0 Å². The minimum atomic E-state index is -3.08. The fourth-order valence-corrected chi connectivity index (χ4v) is 3.61. The summed E-state index contributed by atoms with van der Waals surface area (Å²) in [5.74, 6) is 0.699. The third-order valence-corrected chi connectivity index (χ3v) is 5.23. The lowest BCUT2D eigenvalue weighted by atomic mass is 9.96. The maximum Gasteiger partial charge on any atom is 0.208 e. The van der Waals surface area contributed by atoms with Gasteiger partial charge in [0, 0.05) is 23.4 Å². The summed E-state index contributed by atoms with van der Waals surface area (Å²) in [5, 5.41) is 0. The Hall–Kier alpha value is -0.110. The average Bonchev–Trinajstić information content (AvgIpc) is 2.58. The number of nitrogens with zero attached hydrogens (tertiary/aromatic N) is 1. The zero-order valence-electron chi connectivity index (χ0n) is 10.5. The van der Waals surface area contributed by atoms with Crippen molar-refractivity contribution in [3.05, 3.63) is 11.1 Å². The van der Waals surface area contributed by atoms with Crippen molar-refractivity contribution >= 4 is 33.1 Å². The monoisotopic (exact) mass is 294 g/mol. The van der Waals surface area contributed by atoms with Crippen molar-refractivity contribution in [3.8, 4) is 0 Å². The summed E-state index contributed by atoms with van der Waals surface area (Å²) in [6.07, 6.45) is 3.07. The normalized spacial score (nSPS) is 12.9. The first-order valence-corrected chi connectivity index (χ1v) is 8.91. The molecule has 1 aromatic heterocycles. The van der Waals surface area contributed by atoms with Crippen LogP contribution in [0.3, 0.4) is 0 Å². The highest BCUT2D eigenvalue weighted by molar-refractivity contribution is 8.01. The molecule has 1 aromatic rings. The minimum Gasteiger partial charge on any atom is -0.238 e. The molecule has 0 fully saturated rings. The van der Waals surface area contributed by atoms with E-state index in [0.29, 0.717) is 12.3 Å². The lowest BCUT2D eigenvalue weighted by Gasteiger charge is -2.14. The van der Waals surface area contributed by atoms with E-state index in [2.05, 4.69) is 30.5 Å². The standard InChI is InChI=1S/C10H18N2O2S3/c1-10(2,3)8-7-11-9(16-8)15-6-5-12-17(4,13)14/h7,12H,5-6H2,1-4H3. The number of rotatable bonds is 5. The quantitative estimate of drug-likeness (QED) is 0.667. The summed E-state index contributed by atoms with van der Waals surface area (Å²) in [6.45, 7) is 6.90. The van der Waals surface area contributed by atoms with Crippen molar-refractivity contribution < 1.29 is 8.42 Å². The van der Waals surface area contributed by atoms with Gasteiger partial charge in [0.05, 0.1) is 6.26 Å². The highest BCUT2D eigenvalue weighted by atomic mass is 32.2. The number of aromatic nitrogens is 1. The first-order valence-electron chi connectivity index (χ1n) is 5.22. The van der Waals surface area contributed by atoms with Crippen LogP contribution in [-0.2, 0) is 15.4 Å². The second-order valence-corrected chi connectivity index (χ2v) is 8.96. The highest BCUT2D eigenvalue weighted by Gasteiger charge is 2.17. The Morgan fingerprint density at radius 3 is 2.59 bits per heavy atom. The van der Waals surface area contributed by atoms with Gasteiger partial charge in [-0.3, -0.25) is 0 Å². The Morgan fingerprint density at radius 1 is 1.47 bits per heavy atom. The zero-order valence-corrected chi connectivity index (χ0v) is 12.9. The third-order valence-electron chi connectivity index (χ3n) is 1.92. The lowest BCUT2D eigenvalue weighted by molar-refractivity contribution is 0.590. The van der Waals surface area contributed by atoms with E-state index in [1.807, 2.05) is 6.20 Å². The van der Waals surface area contributed by atoms with Gasteiger partial charge < -0.3 is 0 Å². The zero-order chi connectivity index (χ0) is 13.1. The Bertz CT molecular complexity index is 460. The second kappa shape index (κ2) is 5.69. The summed E-state index contributed by atoms with van der Waals surface area (Å²) in [7, 11) is -3.08. The predicted octanol–water partition coefficient (Wildman–Crippen LogP) is 2.08. The van der Waals surface area contributed by atoms with Crippen LogP contribution in [0.2, 0.25) is 0 Å². The average molecular weight is 294 g/mol. The summed E-state index contributed by atoms with van der Waals surface area (Å²) < 4.78 is 25.1.